The van der Waals surface area contributed by atoms with Gasteiger partial charge in [0, 0.05) is 12.2 Å². The fraction of sp³-hybridized carbons (Fsp3) is 0.148. The fourth-order valence-corrected chi connectivity index (χ4v) is 3.84. The van der Waals surface area contributed by atoms with Crippen LogP contribution in [0.2, 0.25) is 5.02 Å². The molecule has 0 saturated heterocycles. The predicted octanol–water partition coefficient (Wildman–Crippen LogP) is 4.93. The van der Waals surface area contributed by atoms with E-state index in [9.17, 15) is 23.2 Å². The molecule has 2 aromatic heterocycles. The highest BCUT2D eigenvalue weighted by molar-refractivity contribution is 6.31. The van der Waals surface area contributed by atoms with Gasteiger partial charge in [-0.05, 0) is 67.1 Å². The average molecular weight is 542 g/mol. The van der Waals surface area contributed by atoms with Crippen molar-refractivity contribution in [2.45, 2.75) is 19.5 Å². The van der Waals surface area contributed by atoms with Gasteiger partial charge in [0.15, 0.2) is 11.8 Å². The molecule has 0 unspecified atom stereocenters. The number of hydrogen-bond acceptors (Lipinski definition) is 5. The number of rotatable bonds is 9. The van der Waals surface area contributed by atoms with E-state index < -0.39 is 41.9 Å². The quantitative estimate of drug-likeness (QED) is 0.312. The zero-order valence-corrected chi connectivity index (χ0v) is 20.8. The minimum absolute atomic E-state index is 0.00979. The minimum Gasteiger partial charge on any atom is -0.464 e. The summed E-state index contributed by atoms with van der Waals surface area (Å²) in [4.78, 5) is 40.5. The molecule has 11 heteroatoms. The molecule has 38 heavy (non-hydrogen) atoms. The molecule has 4 rings (SSSR count). The Morgan fingerprint density at radius 1 is 1.00 bits per heavy atom. The summed E-state index contributed by atoms with van der Waals surface area (Å²) in [6, 6.07) is 13.8. The van der Waals surface area contributed by atoms with Gasteiger partial charge in [-0.3, -0.25) is 19.3 Å². The first-order valence-electron chi connectivity index (χ1n) is 11.4. The largest absolute Gasteiger partial charge is 0.464 e. The van der Waals surface area contributed by atoms with Crippen LogP contribution in [0.5, 0.6) is 0 Å². The van der Waals surface area contributed by atoms with Crippen LogP contribution in [-0.2, 0) is 16.1 Å². The molecule has 0 fully saturated rings. The second-order valence-electron chi connectivity index (χ2n) is 8.22. The molecule has 0 aliphatic heterocycles. The van der Waals surface area contributed by atoms with Crippen LogP contribution in [0.3, 0.4) is 0 Å². The summed E-state index contributed by atoms with van der Waals surface area (Å²) in [5, 5.41) is 4.89. The van der Waals surface area contributed by atoms with Crippen LogP contribution < -0.4 is 15.5 Å². The third-order valence-corrected chi connectivity index (χ3v) is 5.80. The van der Waals surface area contributed by atoms with E-state index >= 15 is 0 Å². The predicted molar refractivity (Wildman–Crippen MR) is 134 cm³/mol. The monoisotopic (exact) mass is 541 g/mol. The lowest BCUT2D eigenvalue weighted by molar-refractivity contribution is -0.126. The number of halogens is 3. The minimum atomic E-state index is -1.36. The maximum atomic E-state index is 14.0. The number of amides is 3. The summed E-state index contributed by atoms with van der Waals surface area (Å²) in [5.74, 6) is -2.57. The van der Waals surface area contributed by atoms with E-state index in [1.165, 1.54) is 60.9 Å². The lowest BCUT2D eigenvalue weighted by Crippen LogP contribution is -2.47. The highest BCUT2D eigenvalue weighted by atomic mass is 35.5. The molecule has 8 nitrogen and oxygen atoms in total. The van der Waals surface area contributed by atoms with E-state index in [4.69, 9.17) is 20.4 Å². The number of anilines is 1. The molecule has 2 N–H and O–H groups in total. The highest BCUT2D eigenvalue weighted by Gasteiger charge is 2.35. The Morgan fingerprint density at radius 2 is 1.76 bits per heavy atom. The van der Waals surface area contributed by atoms with E-state index in [0.717, 1.165) is 11.0 Å². The zero-order chi connectivity index (χ0) is 27.2. The number of hydrogen-bond donors (Lipinski definition) is 2. The van der Waals surface area contributed by atoms with Crippen molar-refractivity contribution in [1.29, 1.82) is 0 Å². The summed E-state index contributed by atoms with van der Waals surface area (Å²) in [6.45, 7) is 1.16. The van der Waals surface area contributed by atoms with E-state index in [2.05, 4.69) is 10.6 Å². The molecule has 0 saturated carbocycles. The first-order valence-corrected chi connectivity index (χ1v) is 11.8. The molecule has 0 aliphatic carbocycles. The molecule has 0 bridgehead atoms. The van der Waals surface area contributed by atoms with Crippen LogP contribution in [0.15, 0.2) is 81.8 Å². The molecule has 0 radical (unpaired) electrons. The third kappa shape index (κ3) is 6.27. The van der Waals surface area contributed by atoms with Crippen molar-refractivity contribution in [3.8, 4) is 0 Å². The average Bonchev–Trinajstić information content (AvgIpc) is 3.59. The summed E-state index contributed by atoms with van der Waals surface area (Å²) in [7, 11) is 0. The van der Waals surface area contributed by atoms with Crippen LogP contribution in [0, 0.1) is 18.6 Å². The van der Waals surface area contributed by atoms with Crippen molar-refractivity contribution in [2.24, 2.45) is 0 Å². The number of benzene rings is 2. The first-order chi connectivity index (χ1) is 18.2. The van der Waals surface area contributed by atoms with Gasteiger partial charge in [-0.1, -0.05) is 23.7 Å². The molecular weight excluding hydrogens is 520 g/mol. The van der Waals surface area contributed by atoms with Crippen LogP contribution in [0.4, 0.5) is 14.5 Å². The molecule has 0 spiro atoms. The van der Waals surface area contributed by atoms with Crippen molar-refractivity contribution in [3.63, 3.8) is 0 Å². The van der Waals surface area contributed by atoms with Crippen LogP contribution in [-0.4, -0.2) is 24.3 Å². The molecule has 2 heterocycles. The Bertz CT molecular complexity index is 1440. The van der Waals surface area contributed by atoms with Crippen molar-refractivity contribution >= 4 is 35.0 Å². The van der Waals surface area contributed by atoms with E-state index in [1.807, 2.05) is 0 Å². The second-order valence-corrected chi connectivity index (χ2v) is 8.62. The third-order valence-electron chi connectivity index (χ3n) is 5.51. The van der Waals surface area contributed by atoms with Gasteiger partial charge < -0.3 is 19.5 Å². The normalized spacial score (nSPS) is 11.6. The molecular formula is C27H22ClF2N3O5. The standard InChI is InChI=1S/C27H22ClF2N3O5/c1-16-4-11-22(38-16)25(27(36)31-14-17-5-7-18(29)8-6-17)33(19-9-10-21(30)20(28)13-19)24(34)15-32-26(35)23-3-2-12-37-23/h2-13,25H,14-15H2,1H3,(H,31,36)(H,32,35)/t25-/m0/s1. The van der Waals surface area contributed by atoms with Gasteiger partial charge in [-0.15, -0.1) is 0 Å². The summed E-state index contributed by atoms with van der Waals surface area (Å²) in [5.41, 5.74) is 0.701. The number of nitrogens with one attached hydrogen (secondary N) is 2. The lowest BCUT2D eigenvalue weighted by atomic mass is 10.1. The Balaban J connectivity index is 1.67. The highest BCUT2D eigenvalue weighted by Crippen LogP contribution is 2.32. The summed E-state index contributed by atoms with van der Waals surface area (Å²) < 4.78 is 38.0. The smallest absolute Gasteiger partial charge is 0.287 e. The van der Waals surface area contributed by atoms with Crippen LogP contribution in [0.1, 0.15) is 33.7 Å². The second kappa shape index (κ2) is 11.7. The zero-order valence-electron chi connectivity index (χ0n) is 20.0. The van der Waals surface area contributed by atoms with Crippen molar-refractivity contribution in [3.05, 3.63) is 112 Å². The lowest BCUT2D eigenvalue weighted by Gasteiger charge is -2.30. The maximum absolute atomic E-state index is 14.0. The number of furan rings is 2. The Morgan fingerprint density at radius 3 is 2.39 bits per heavy atom. The Hall–Kier alpha value is -4.44. The van der Waals surface area contributed by atoms with Gasteiger partial charge in [0.2, 0.25) is 5.91 Å². The van der Waals surface area contributed by atoms with Gasteiger partial charge >= 0.3 is 0 Å². The molecule has 3 amide bonds. The van der Waals surface area contributed by atoms with Crippen LogP contribution in [0.25, 0.3) is 0 Å². The maximum Gasteiger partial charge on any atom is 0.287 e. The summed E-state index contributed by atoms with van der Waals surface area (Å²) >= 11 is 6.00. The number of carbonyl (C=O) groups excluding carboxylic acids is 3. The molecule has 2 aromatic carbocycles. The van der Waals surface area contributed by atoms with Gasteiger partial charge in [0.05, 0.1) is 17.8 Å². The van der Waals surface area contributed by atoms with Crippen molar-refractivity contribution in [1.82, 2.24) is 10.6 Å². The number of nitrogens with zero attached hydrogens (tertiary/aromatic N) is 1. The van der Waals surface area contributed by atoms with E-state index in [-0.39, 0.29) is 28.8 Å². The Kier molecular flexibility index (Phi) is 8.22. The molecule has 1 atom stereocenters. The van der Waals surface area contributed by atoms with Crippen molar-refractivity contribution < 1.29 is 32.0 Å². The summed E-state index contributed by atoms with van der Waals surface area (Å²) in [6.07, 6.45) is 1.31. The molecule has 196 valence electrons. The van der Waals surface area contributed by atoms with Gasteiger partial charge in [-0.25, -0.2) is 8.78 Å². The number of aryl methyl sites for hydroxylation is 1. The Labute approximate surface area is 221 Å². The van der Waals surface area contributed by atoms with Gasteiger partial charge in [0.25, 0.3) is 11.8 Å². The van der Waals surface area contributed by atoms with Gasteiger partial charge in [-0.2, -0.15) is 0 Å². The topological polar surface area (TPSA) is 105 Å². The fourth-order valence-electron chi connectivity index (χ4n) is 3.67. The first kappa shape index (κ1) is 26.6. The van der Waals surface area contributed by atoms with Crippen LogP contribution >= 0.6 is 11.6 Å². The molecule has 4 aromatic rings. The van der Waals surface area contributed by atoms with E-state index in [0.29, 0.717) is 11.3 Å². The SMILES string of the molecule is Cc1ccc([C@@H](C(=O)NCc2ccc(F)cc2)N(C(=O)CNC(=O)c2ccco2)c2ccc(F)c(Cl)c2)o1. The molecule has 0 aliphatic rings. The van der Waals surface area contributed by atoms with Gasteiger partial charge in [0.1, 0.15) is 23.2 Å². The van der Waals surface area contributed by atoms with E-state index in [1.54, 1.807) is 13.0 Å². The number of carbonyl (C=O) groups is 3. The van der Waals surface area contributed by atoms with Crippen molar-refractivity contribution in [2.75, 3.05) is 11.4 Å².